The molecular formula is C13H15N3O3. The molecule has 2 aromatic rings. The molecule has 0 spiro atoms. The molecule has 2 N–H and O–H groups in total. The summed E-state index contributed by atoms with van der Waals surface area (Å²) in [7, 11) is 1.60. The van der Waals surface area contributed by atoms with Crippen molar-refractivity contribution >= 4 is 11.8 Å². The minimum absolute atomic E-state index is 0.151. The molecule has 1 aromatic heterocycles. The fraction of sp³-hybridized carbons (Fsp3) is 0.231. The van der Waals surface area contributed by atoms with Gasteiger partial charge in [-0.3, -0.25) is 4.79 Å². The van der Waals surface area contributed by atoms with Crippen LogP contribution in [0.15, 0.2) is 30.3 Å². The molecule has 6 nitrogen and oxygen atoms in total. The molecule has 19 heavy (non-hydrogen) atoms. The zero-order chi connectivity index (χ0) is 13.8. The van der Waals surface area contributed by atoms with Crippen molar-refractivity contribution in [2.75, 3.05) is 19.0 Å². The number of carbonyl (C=O) groups is 1. The van der Waals surface area contributed by atoms with Crippen molar-refractivity contribution in [3.8, 4) is 11.4 Å². The molecule has 2 rings (SSSR count). The van der Waals surface area contributed by atoms with Crippen LogP contribution in [-0.2, 0) is 4.79 Å². The number of nitrogens with one attached hydrogen (secondary N) is 1. The number of hydrogen-bond acceptors (Lipinski definition) is 4. The Labute approximate surface area is 110 Å². The van der Waals surface area contributed by atoms with E-state index < -0.39 is 5.97 Å². The minimum Gasteiger partial charge on any atom is -0.497 e. The van der Waals surface area contributed by atoms with Crippen LogP contribution in [-0.4, -0.2) is 34.5 Å². The van der Waals surface area contributed by atoms with Crippen molar-refractivity contribution in [3.05, 3.63) is 36.0 Å². The summed E-state index contributed by atoms with van der Waals surface area (Å²) in [4.78, 5) is 10.6. The fourth-order valence-electron chi connectivity index (χ4n) is 1.71. The van der Waals surface area contributed by atoms with E-state index in [9.17, 15) is 4.79 Å². The minimum atomic E-state index is -0.917. The number of methoxy groups -OCH3 is 1. The van der Waals surface area contributed by atoms with E-state index in [0.717, 1.165) is 17.1 Å². The van der Waals surface area contributed by atoms with E-state index in [4.69, 9.17) is 9.84 Å². The van der Waals surface area contributed by atoms with E-state index >= 15 is 0 Å². The number of aryl methyl sites for hydroxylation is 1. The monoisotopic (exact) mass is 261 g/mol. The van der Waals surface area contributed by atoms with Crippen LogP contribution in [0.1, 0.15) is 5.69 Å². The third-order valence-corrected chi connectivity index (χ3v) is 2.57. The van der Waals surface area contributed by atoms with Crippen LogP contribution in [0.3, 0.4) is 0 Å². The molecule has 6 heteroatoms. The molecule has 0 aliphatic carbocycles. The van der Waals surface area contributed by atoms with Crippen molar-refractivity contribution in [1.82, 2.24) is 9.78 Å². The number of aromatic nitrogens is 2. The molecule has 0 atom stereocenters. The van der Waals surface area contributed by atoms with Crippen LogP contribution in [0, 0.1) is 6.92 Å². The van der Waals surface area contributed by atoms with E-state index in [1.165, 1.54) is 0 Å². The summed E-state index contributed by atoms with van der Waals surface area (Å²) >= 11 is 0. The summed E-state index contributed by atoms with van der Waals surface area (Å²) in [6.07, 6.45) is 0. The summed E-state index contributed by atoms with van der Waals surface area (Å²) < 4.78 is 6.76. The van der Waals surface area contributed by atoms with Crippen molar-refractivity contribution in [1.29, 1.82) is 0 Å². The second kappa shape index (κ2) is 5.43. The Morgan fingerprint density at radius 2 is 2.11 bits per heavy atom. The van der Waals surface area contributed by atoms with E-state index in [1.54, 1.807) is 17.9 Å². The molecule has 0 bridgehead atoms. The smallest absolute Gasteiger partial charge is 0.322 e. The van der Waals surface area contributed by atoms with Crippen molar-refractivity contribution < 1.29 is 14.6 Å². The molecule has 1 heterocycles. The van der Waals surface area contributed by atoms with Crippen LogP contribution in [0.5, 0.6) is 5.75 Å². The van der Waals surface area contributed by atoms with E-state index in [0.29, 0.717) is 5.82 Å². The largest absolute Gasteiger partial charge is 0.497 e. The number of aliphatic carboxylic acids is 1. The molecule has 0 amide bonds. The van der Waals surface area contributed by atoms with Crippen LogP contribution >= 0.6 is 0 Å². The highest BCUT2D eigenvalue weighted by atomic mass is 16.5. The standard InChI is InChI=1S/C13H15N3O3/c1-9-7-12(14-8-13(17)18)16(15-9)10-3-5-11(19-2)6-4-10/h3-7,14H,8H2,1-2H3,(H,17,18). The first kappa shape index (κ1) is 12.9. The van der Waals surface area contributed by atoms with Crippen LogP contribution in [0.25, 0.3) is 5.69 Å². The molecule has 100 valence electrons. The van der Waals surface area contributed by atoms with Gasteiger partial charge in [0.25, 0.3) is 0 Å². The quantitative estimate of drug-likeness (QED) is 0.856. The Balaban J connectivity index is 2.29. The number of carboxylic acids is 1. The molecule has 0 aliphatic rings. The first-order valence-electron chi connectivity index (χ1n) is 5.77. The van der Waals surface area contributed by atoms with E-state index in [-0.39, 0.29) is 6.54 Å². The second-order valence-electron chi connectivity index (χ2n) is 4.03. The molecule has 0 saturated heterocycles. The van der Waals surface area contributed by atoms with Gasteiger partial charge in [0, 0.05) is 6.07 Å². The zero-order valence-corrected chi connectivity index (χ0v) is 10.8. The zero-order valence-electron chi connectivity index (χ0n) is 10.8. The summed E-state index contributed by atoms with van der Waals surface area (Å²) in [5.74, 6) is 0.484. The van der Waals surface area contributed by atoms with Gasteiger partial charge >= 0.3 is 5.97 Å². The number of nitrogens with zero attached hydrogens (tertiary/aromatic N) is 2. The third-order valence-electron chi connectivity index (χ3n) is 2.57. The Morgan fingerprint density at radius 1 is 1.42 bits per heavy atom. The number of anilines is 1. The SMILES string of the molecule is COc1ccc(-n2nc(C)cc2NCC(=O)O)cc1. The molecule has 0 aliphatic heterocycles. The van der Waals surface area contributed by atoms with Crippen LogP contribution in [0.2, 0.25) is 0 Å². The lowest BCUT2D eigenvalue weighted by Crippen LogP contribution is -2.15. The Hall–Kier alpha value is -2.50. The van der Waals surface area contributed by atoms with Gasteiger partial charge in [-0.15, -0.1) is 0 Å². The predicted octanol–water partition coefficient (Wildman–Crippen LogP) is 1.69. The van der Waals surface area contributed by atoms with Crippen molar-refractivity contribution in [3.63, 3.8) is 0 Å². The van der Waals surface area contributed by atoms with Gasteiger partial charge in [0.15, 0.2) is 0 Å². The summed E-state index contributed by atoms with van der Waals surface area (Å²) in [5.41, 5.74) is 1.64. The van der Waals surface area contributed by atoms with Crippen molar-refractivity contribution in [2.45, 2.75) is 6.92 Å². The van der Waals surface area contributed by atoms with Gasteiger partial charge in [0.2, 0.25) is 0 Å². The maximum atomic E-state index is 10.6. The summed E-state index contributed by atoms with van der Waals surface area (Å²) in [6.45, 7) is 1.70. The summed E-state index contributed by atoms with van der Waals surface area (Å²) in [6, 6.07) is 9.17. The highest BCUT2D eigenvalue weighted by Crippen LogP contribution is 2.19. The lowest BCUT2D eigenvalue weighted by Gasteiger charge is -2.08. The maximum Gasteiger partial charge on any atom is 0.322 e. The van der Waals surface area contributed by atoms with Gasteiger partial charge in [-0.05, 0) is 31.2 Å². The molecule has 0 radical (unpaired) electrons. The highest BCUT2D eigenvalue weighted by molar-refractivity contribution is 5.72. The lowest BCUT2D eigenvalue weighted by molar-refractivity contribution is -0.134. The molecule has 0 fully saturated rings. The third kappa shape index (κ3) is 3.04. The predicted molar refractivity (Wildman–Crippen MR) is 71.0 cm³/mol. The fourth-order valence-corrected chi connectivity index (χ4v) is 1.71. The van der Waals surface area contributed by atoms with Gasteiger partial charge in [0.1, 0.15) is 18.1 Å². The van der Waals surface area contributed by atoms with Gasteiger partial charge in [-0.1, -0.05) is 0 Å². The maximum absolute atomic E-state index is 10.6. The first-order chi connectivity index (χ1) is 9.10. The highest BCUT2D eigenvalue weighted by Gasteiger charge is 2.08. The second-order valence-corrected chi connectivity index (χ2v) is 4.03. The summed E-state index contributed by atoms with van der Waals surface area (Å²) in [5, 5.41) is 15.9. The van der Waals surface area contributed by atoms with E-state index in [1.807, 2.05) is 31.2 Å². The Bertz CT molecular complexity index is 575. The Morgan fingerprint density at radius 3 is 2.68 bits per heavy atom. The van der Waals surface area contributed by atoms with Gasteiger partial charge < -0.3 is 15.2 Å². The van der Waals surface area contributed by atoms with Gasteiger partial charge in [-0.2, -0.15) is 5.10 Å². The number of rotatable bonds is 5. The average Bonchev–Trinajstić information content (AvgIpc) is 2.78. The molecular weight excluding hydrogens is 246 g/mol. The molecule has 0 unspecified atom stereocenters. The Kier molecular flexibility index (Phi) is 3.70. The van der Waals surface area contributed by atoms with Gasteiger partial charge in [0.05, 0.1) is 18.5 Å². The van der Waals surface area contributed by atoms with Crippen LogP contribution in [0.4, 0.5) is 5.82 Å². The van der Waals surface area contributed by atoms with Crippen LogP contribution < -0.4 is 10.1 Å². The first-order valence-corrected chi connectivity index (χ1v) is 5.77. The molecule has 1 aromatic carbocycles. The normalized spacial score (nSPS) is 10.2. The average molecular weight is 261 g/mol. The van der Waals surface area contributed by atoms with Gasteiger partial charge in [-0.25, -0.2) is 4.68 Å². The van der Waals surface area contributed by atoms with Crippen molar-refractivity contribution in [2.24, 2.45) is 0 Å². The van der Waals surface area contributed by atoms with E-state index in [2.05, 4.69) is 10.4 Å². The lowest BCUT2D eigenvalue weighted by atomic mass is 10.3. The molecule has 0 saturated carbocycles. The number of hydrogen-bond donors (Lipinski definition) is 2. The topological polar surface area (TPSA) is 76.4 Å². The number of ether oxygens (including phenoxy) is 1. The number of benzene rings is 1. The number of carboxylic acid groups (broad SMARTS) is 1.